The second kappa shape index (κ2) is 5.95. The van der Waals surface area contributed by atoms with Crippen LogP contribution in [0.3, 0.4) is 0 Å². The van der Waals surface area contributed by atoms with Gasteiger partial charge in [-0.05, 0) is 42.5 Å². The quantitative estimate of drug-likeness (QED) is 0.735. The molecule has 2 aromatic heterocycles. The highest BCUT2D eigenvalue weighted by molar-refractivity contribution is 5.81. The van der Waals surface area contributed by atoms with E-state index in [-0.39, 0.29) is 0 Å². The molecule has 25 heavy (non-hydrogen) atoms. The predicted molar refractivity (Wildman–Crippen MR) is 98.0 cm³/mol. The smallest absolute Gasteiger partial charge is 0.225 e. The van der Waals surface area contributed by atoms with Crippen LogP contribution in [0.1, 0.15) is 24.3 Å². The van der Waals surface area contributed by atoms with Crippen LogP contribution in [0.25, 0.3) is 10.9 Å². The van der Waals surface area contributed by atoms with Gasteiger partial charge in [0.2, 0.25) is 5.95 Å². The molecule has 0 unspecified atom stereocenters. The van der Waals surface area contributed by atoms with Gasteiger partial charge in [0.25, 0.3) is 0 Å². The number of benzene rings is 1. The zero-order chi connectivity index (χ0) is 16.6. The first-order valence-corrected chi connectivity index (χ1v) is 8.88. The first-order chi connectivity index (χ1) is 12.4. The third-order valence-corrected chi connectivity index (χ3v) is 5.12. The Labute approximate surface area is 146 Å². The monoisotopic (exact) mass is 332 g/mol. The summed E-state index contributed by atoms with van der Waals surface area (Å²) in [6.07, 6.45) is 10.1. The molecule has 1 saturated heterocycles. The van der Waals surface area contributed by atoms with Gasteiger partial charge in [-0.25, -0.2) is 19.9 Å². The van der Waals surface area contributed by atoms with Crippen LogP contribution in [0.15, 0.2) is 43.1 Å². The first-order valence-electron chi connectivity index (χ1n) is 8.88. The molecule has 0 amide bonds. The van der Waals surface area contributed by atoms with E-state index >= 15 is 0 Å². The summed E-state index contributed by atoms with van der Waals surface area (Å²) in [5, 5.41) is 1.08. The topological polar surface area (TPSA) is 58.0 Å². The maximum absolute atomic E-state index is 4.58. The van der Waals surface area contributed by atoms with Crippen LogP contribution in [0.4, 0.5) is 11.6 Å². The number of fused-ring (bicyclic) bond motifs is 1. The zero-order valence-electron chi connectivity index (χ0n) is 14.0. The fraction of sp³-hybridized carbons (Fsp3) is 0.368. The highest BCUT2D eigenvalue weighted by Gasteiger charge is 2.25. The molecule has 0 atom stereocenters. The molecule has 0 bridgehead atoms. The van der Waals surface area contributed by atoms with Gasteiger partial charge in [0, 0.05) is 55.8 Å². The third kappa shape index (κ3) is 2.88. The largest absolute Gasteiger partial charge is 0.368 e. The molecule has 1 aliphatic heterocycles. The van der Waals surface area contributed by atoms with Crippen molar-refractivity contribution in [3.63, 3.8) is 0 Å². The van der Waals surface area contributed by atoms with Crippen LogP contribution in [-0.4, -0.2) is 46.1 Å². The van der Waals surface area contributed by atoms with E-state index < -0.39 is 0 Å². The lowest BCUT2D eigenvalue weighted by Crippen LogP contribution is -2.47. The van der Waals surface area contributed by atoms with Crippen molar-refractivity contribution in [2.75, 3.05) is 36.0 Å². The molecule has 126 valence electrons. The highest BCUT2D eigenvalue weighted by Crippen LogP contribution is 2.39. The summed E-state index contributed by atoms with van der Waals surface area (Å²) in [6, 6.07) is 6.39. The lowest BCUT2D eigenvalue weighted by Gasteiger charge is -2.36. The summed E-state index contributed by atoms with van der Waals surface area (Å²) in [6.45, 7) is 3.80. The van der Waals surface area contributed by atoms with E-state index in [9.17, 15) is 0 Å². The molecule has 0 spiro atoms. The second-order valence-electron chi connectivity index (χ2n) is 6.83. The van der Waals surface area contributed by atoms with Gasteiger partial charge in [0.1, 0.15) is 6.33 Å². The van der Waals surface area contributed by atoms with E-state index in [1.165, 1.54) is 24.1 Å². The number of aromatic nitrogens is 4. The highest BCUT2D eigenvalue weighted by atomic mass is 15.3. The van der Waals surface area contributed by atoms with E-state index in [1.807, 2.05) is 18.6 Å². The number of anilines is 2. The van der Waals surface area contributed by atoms with Crippen LogP contribution in [0, 0.1) is 0 Å². The predicted octanol–water partition coefficient (Wildman–Crippen LogP) is 2.62. The van der Waals surface area contributed by atoms with Gasteiger partial charge >= 0.3 is 0 Å². The fourth-order valence-corrected chi connectivity index (χ4v) is 3.46. The number of hydrogen-bond acceptors (Lipinski definition) is 6. The molecule has 2 fully saturated rings. The molecule has 0 radical (unpaired) electrons. The van der Waals surface area contributed by atoms with Crippen molar-refractivity contribution < 1.29 is 0 Å². The molecule has 6 heteroatoms. The van der Waals surface area contributed by atoms with Crippen molar-refractivity contribution in [3.8, 4) is 0 Å². The van der Waals surface area contributed by atoms with Crippen molar-refractivity contribution in [1.82, 2.24) is 19.9 Å². The van der Waals surface area contributed by atoms with Gasteiger partial charge in [-0.15, -0.1) is 0 Å². The summed E-state index contributed by atoms with van der Waals surface area (Å²) < 4.78 is 0. The van der Waals surface area contributed by atoms with E-state index in [1.54, 1.807) is 6.33 Å². The molecule has 1 aromatic carbocycles. The fourth-order valence-electron chi connectivity index (χ4n) is 3.46. The Hall–Kier alpha value is -2.76. The molecule has 1 aliphatic carbocycles. The average molecular weight is 332 g/mol. The maximum atomic E-state index is 4.58. The summed E-state index contributed by atoms with van der Waals surface area (Å²) in [4.78, 5) is 22.3. The molecular weight excluding hydrogens is 312 g/mol. The SMILES string of the molecule is c1ncc2cc(N3CCN(c4ncc(C5CC5)cn4)CC3)ccc2n1. The first kappa shape index (κ1) is 14.6. The zero-order valence-corrected chi connectivity index (χ0v) is 14.0. The maximum Gasteiger partial charge on any atom is 0.225 e. The van der Waals surface area contributed by atoms with Gasteiger partial charge in [0.15, 0.2) is 0 Å². The van der Waals surface area contributed by atoms with Crippen LogP contribution in [0.5, 0.6) is 0 Å². The Morgan fingerprint density at radius 1 is 0.840 bits per heavy atom. The molecule has 3 aromatic rings. The van der Waals surface area contributed by atoms with E-state index in [0.29, 0.717) is 5.92 Å². The second-order valence-corrected chi connectivity index (χ2v) is 6.83. The van der Waals surface area contributed by atoms with Crippen LogP contribution in [-0.2, 0) is 0 Å². The number of rotatable bonds is 3. The van der Waals surface area contributed by atoms with E-state index in [0.717, 1.165) is 43.0 Å². The number of piperazine rings is 1. The minimum atomic E-state index is 0.711. The number of hydrogen-bond donors (Lipinski definition) is 0. The molecule has 3 heterocycles. The Bertz CT molecular complexity index is 882. The lowest BCUT2D eigenvalue weighted by atomic mass is 10.2. The van der Waals surface area contributed by atoms with Gasteiger partial charge in [-0.2, -0.15) is 0 Å². The Morgan fingerprint density at radius 3 is 2.36 bits per heavy atom. The van der Waals surface area contributed by atoms with Crippen molar-refractivity contribution in [1.29, 1.82) is 0 Å². The van der Waals surface area contributed by atoms with Gasteiger partial charge in [0.05, 0.1) is 5.52 Å². The standard InChI is InChI=1S/C19H20N6/c1-2-14(1)16-11-21-19(22-12-16)25-7-5-24(6-8-25)17-3-4-18-15(9-17)10-20-13-23-18/h3-4,9-14H,1-2,5-8H2. The molecule has 1 saturated carbocycles. The Kier molecular flexibility index (Phi) is 3.47. The van der Waals surface area contributed by atoms with Crippen LogP contribution >= 0.6 is 0 Å². The normalized spacial score (nSPS) is 17.9. The average Bonchev–Trinajstić information content (AvgIpc) is 3.53. The van der Waals surface area contributed by atoms with Crippen molar-refractivity contribution in [3.05, 3.63) is 48.7 Å². The van der Waals surface area contributed by atoms with Gasteiger partial charge in [-0.1, -0.05) is 0 Å². The third-order valence-electron chi connectivity index (χ3n) is 5.12. The van der Waals surface area contributed by atoms with Crippen molar-refractivity contribution in [2.45, 2.75) is 18.8 Å². The Morgan fingerprint density at radius 2 is 1.60 bits per heavy atom. The Balaban J connectivity index is 1.28. The van der Waals surface area contributed by atoms with Crippen LogP contribution in [0.2, 0.25) is 0 Å². The van der Waals surface area contributed by atoms with E-state index in [4.69, 9.17) is 0 Å². The molecule has 6 nitrogen and oxygen atoms in total. The van der Waals surface area contributed by atoms with Crippen LogP contribution < -0.4 is 9.80 Å². The van der Waals surface area contributed by atoms with Crippen molar-refractivity contribution >= 4 is 22.5 Å². The number of nitrogens with zero attached hydrogens (tertiary/aromatic N) is 6. The minimum absolute atomic E-state index is 0.711. The van der Waals surface area contributed by atoms with Gasteiger partial charge < -0.3 is 9.80 Å². The molecule has 2 aliphatic rings. The summed E-state index contributed by atoms with van der Waals surface area (Å²) in [5.74, 6) is 1.57. The summed E-state index contributed by atoms with van der Waals surface area (Å²) in [7, 11) is 0. The molecule has 5 rings (SSSR count). The van der Waals surface area contributed by atoms with E-state index in [2.05, 4.69) is 47.9 Å². The minimum Gasteiger partial charge on any atom is -0.368 e. The van der Waals surface area contributed by atoms with Crippen molar-refractivity contribution in [2.24, 2.45) is 0 Å². The molecular formula is C19H20N6. The van der Waals surface area contributed by atoms with Gasteiger partial charge in [-0.3, -0.25) is 0 Å². The molecule has 0 N–H and O–H groups in total. The summed E-state index contributed by atoms with van der Waals surface area (Å²) >= 11 is 0. The lowest BCUT2D eigenvalue weighted by molar-refractivity contribution is 0.639. The summed E-state index contributed by atoms with van der Waals surface area (Å²) in [5.41, 5.74) is 3.51.